The normalized spacial score (nSPS) is 10.7. The van der Waals surface area contributed by atoms with Gasteiger partial charge in [0.25, 0.3) is 5.91 Å². The summed E-state index contributed by atoms with van der Waals surface area (Å²) in [5.74, 6) is -0.451. The van der Waals surface area contributed by atoms with E-state index in [4.69, 9.17) is 0 Å². The first-order valence-corrected chi connectivity index (χ1v) is 8.63. The van der Waals surface area contributed by atoms with Crippen LogP contribution < -0.4 is 10.6 Å². The van der Waals surface area contributed by atoms with E-state index in [-0.39, 0.29) is 11.8 Å². The first-order valence-electron chi connectivity index (χ1n) is 8.63. The number of para-hydroxylation sites is 1. The van der Waals surface area contributed by atoms with Gasteiger partial charge in [-0.05, 0) is 43.3 Å². The van der Waals surface area contributed by atoms with Crippen molar-refractivity contribution in [2.45, 2.75) is 6.92 Å². The van der Waals surface area contributed by atoms with Crippen LogP contribution in [0.25, 0.3) is 11.8 Å². The van der Waals surface area contributed by atoms with Gasteiger partial charge in [-0.1, -0.05) is 24.3 Å². The zero-order chi connectivity index (χ0) is 19.1. The lowest BCUT2D eigenvalue weighted by Crippen LogP contribution is -2.22. The third kappa shape index (κ3) is 4.92. The molecule has 0 unspecified atom stereocenters. The molecule has 3 aromatic rings. The highest BCUT2D eigenvalue weighted by Gasteiger charge is 2.06. The third-order valence-electron chi connectivity index (χ3n) is 3.78. The van der Waals surface area contributed by atoms with E-state index in [1.54, 1.807) is 41.2 Å². The summed E-state index contributed by atoms with van der Waals surface area (Å²) in [6.45, 7) is 2.41. The molecule has 136 valence electrons. The van der Waals surface area contributed by atoms with E-state index in [0.29, 0.717) is 17.8 Å². The van der Waals surface area contributed by atoms with E-state index in [2.05, 4.69) is 15.7 Å². The van der Waals surface area contributed by atoms with Crippen LogP contribution >= 0.6 is 0 Å². The van der Waals surface area contributed by atoms with Gasteiger partial charge < -0.3 is 10.6 Å². The van der Waals surface area contributed by atoms with Crippen molar-refractivity contribution < 1.29 is 9.59 Å². The minimum Gasteiger partial charge on any atom is -0.352 e. The molecule has 0 spiro atoms. The first kappa shape index (κ1) is 18.1. The quantitative estimate of drug-likeness (QED) is 0.663. The van der Waals surface area contributed by atoms with Crippen LogP contribution in [0.5, 0.6) is 0 Å². The minimum absolute atomic E-state index is 0.169. The van der Waals surface area contributed by atoms with Gasteiger partial charge in [0.2, 0.25) is 5.91 Å². The molecule has 2 N–H and O–H groups in total. The van der Waals surface area contributed by atoms with Gasteiger partial charge in [0.1, 0.15) is 0 Å². The fourth-order valence-corrected chi connectivity index (χ4v) is 2.50. The summed E-state index contributed by atoms with van der Waals surface area (Å²) >= 11 is 0. The van der Waals surface area contributed by atoms with E-state index < -0.39 is 0 Å². The zero-order valence-corrected chi connectivity index (χ0v) is 14.9. The van der Waals surface area contributed by atoms with Crippen LogP contribution in [0.2, 0.25) is 0 Å². The molecule has 3 rings (SSSR count). The molecule has 0 aliphatic carbocycles. The Balaban J connectivity index is 1.63. The van der Waals surface area contributed by atoms with Gasteiger partial charge in [0.15, 0.2) is 0 Å². The van der Waals surface area contributed by atoms with Crippen molar-refractivity contribution in [3.05, 3.63) is 84.2 Å². The van der Waals surface area contributed by atoms with Crippen molar-refractivity contribution >= 4 is 23.6 Å². The zero-order valence-electron chi connectivity index (χ0n) is 14.9. The second-order valence-corrected chi connectivity index (χ2v) is 5.82. The van der Waals surface area contributed by atoms with Crippen molar-refractivity contribution in [2.24, 2.45) is 0 Å². The average Bonchev–Trinajstić information content (AvgIpc) is 3.17. The van der Waals surface area contributed by atoms with Gasteiger partial charge >= 0.3 is 0 Å². The molecule has 0 aliphatic heterocycles. The van der Waals surface area contributed by atoms with Gasteiger partial charge in [-0.15, -0.1) is 0 Å². The molecule has 27 heavy (non-hydrogen) atoms. The van der Waals surface area contributed by atoms with Gasteiger partial charge in [-0.2, -0.15) is 5.10 Å². The molecular weight excluding hydrogens is 340 g/mol. The molecule has 6 heteroatoms. The molecule has 0 atom stereocenters. The molecule has 0 aliphatic rings. The summed E-state index contributed by atoms with van der Waals surface area (Å²) in [7, 11) is 0. The predicted molar refractivity (Wildman–Crippen MR) is 106 cm³/mol. The molecule has 0 fully saturated rings. The van der Waals surface area contributed by atoms with Crippen molar-refractivity contribution in [3.8, 4) is 5.69 Å². The third-order valence-corrected chi connectivity index (χ3v) is 3.78. The highest BCUT2D eigenvalue weighted by atomic mass is 16.2. The number of nitrogens with one attached hydrogen (secondary N) is 2. The van der Waals surface area contributed by atoms with Crippen LogP contribution in [0.4, 0.5) is 5.69 Å². The SMILES string of the molecule is CCNC(=O)c1cccc(NC(=O)/C=C/c2cnn(-c3ccccc3)c2)c1. The number of amides is 2. The van der Waals surface area contributed by atoms with Crippen LogP contribution in [-0.4, -0.2) is 28.1 Å². The standard InChI is InChI=1S/C21H20N4O2/c1-2-22-21(27)17-7-6-8-18(13-17)24-20(26)12-11-16-14-23-25(15-16)19-9-4-3-5-10-19/h3-15H,2H2,1H3,(H,22,27)(H,24,26)/b12-11+. The summed E-state index contributed by atoms with van der Waals surface area (Å²) in [6, 6.07) is 16.5. The molecule has 0 radical (unpaired) electrons. The predicted octanol–water partition coefficient (Wildman–Crippen LogP) is 3.27. The fourth-order valence-electron chi connectivity index (χ4n) is 2.50. The summed E-state index contributed by atoms with van der Waals surface area (Å²) in [5.41, 5.74) is 2.82. The van der Waals surface area contributed by atoms with E-state index in [9.17, 15) is 9.59 Å². The first-order chi connectivity index (χ1) is 13.2. The van der Waals surface area contributed by atoms with Crippen molar-refractivity contribution in [1.82, 2.24) is 15.1 Å². The Morgan fingerprint density at radius 2 is 1.93 bits per heavy atom. The van der Waals surface area contributed by atoms with Crippen LogP contribution in [0.3, 0.4) is 0 Å². The lowest BCUT2D eigenvalue weighted by atomic mass is 10.2. The summed E-state index contributed by atoms with van der Waals surface area (Å²) in [5, 5.41) is 9.77. The van der Waals surface area contributed by atoms with E-state index in [0.717, 1.165) is 11.3 Å². The smallest absolute Gasteiger partial charge is 0.251 e. The molecule has 1 heterocycles. The molecule has 0 bridgehead atoms. The Labute approximate surface area is 157 Å². The molecule has 6 nitrogen and oxygen atoms in total. The highest BCUT2D eigenvalue weighted by Crippen LogP contribution is 2.12. The average molecular weight is 360 g/mol. The maximum Gasteiger partial charge on any atom is 0.251 e. The fraction of sp³-hybridized carbons (Fsp3) is 0.0952. The Kier molecular flexibility index (Phi) is 5.79. The maximum atomic E-state index is 12.1. The number of hydrogen-bond donors (Lipinski definition) is 2. The minimum atomic E-state index is -0.282. The van der Waals surface area contributed by atoms with E-state index in [1.807, 2.05) is 43.5 Å². The molecule has 1 aromatic heterocycles. The van der Waals surface area contributed by atoms with Gasteiger partial charge in [0, 0.05) is 35.6 Å². The highest BCUT2D eigenvalue weighted by molar-refractivity contribution is 6.03. The molecule has 0 saturated heterocycles. The molecule has 0 saturated carbocycles. The number of aromatic nitrogens is 2. The number of carbonyl (C=O) groups is 2. The summed E-state index contributed by atoms with van der Waals surface area (Å²) in [6.07, 6.45) is 6.65. The summed E-state index contributed by atoms with van der Waals surface area (Å²) in [4.78, 5) is 24.0. The van der Waals surface area contributed by atoms with Gasteiger partial charge in [-0.3, -0.25) is 9.59 Å². The van der Waals surface area contributed by atoms with Crippen molar-refractivity contribution in [1.29, 1.82) is 0 Å². The summed E-state index contributed by atoms with van der Waals surface area (Å²) < 4.78 is 1.74. The van der Waals surface area contributed by atoms with Crippen molar-refractivity contribution in [3.63, 3.8) is 0 Å². The number of anilines is 1. The monoisotopic (exact) mass is 360 g/mol. The van der Waals surface area contributed by atoms with Gasteiger partial charge in [0.05, 0.1) is 11.9 Å². The van der Waals surface area contributed by atoms with Gasteiger partial charge in [-0.25, -0.2) is 4.68 Å². The molecule has 2 aromatic carbocycles. The van der Waals surface area contributed by atoms with Crippen LogP contribution in [-0.2, 0) is 4.79 Å². The maximum absolute atomic E-state index is 12.1. The Morgan fingerprint density at radius 3 is 2.70 bits per heavy atom. The second-order valence-electron chi connectivity index (χ2n) is 5.82. The van der Waals surface area contributed by atoms with Crippen LogP contribution in [0.15, 0.2) is 73.1 Å². The van der Waals surface area contributed by atoms with Crippen LogP contribution in [0, 0.1) is 0 Å². The van der Waals surface area contributed by atoms with E-state index >= 15 is 0 Å². The Hall–Kier alpha value is -3.67. The second kappa shape index (κ2) is 8.62. The largest absolute Gasteiger partial charge is 0.352 e. The lowest BCUT2D eigenvalue weighted by molar-refractivity contribution is -0.111. The Bertz CT molecular complexity index is 961. The van der Waals surface area contributed by atoms with Crippen molar-refractivity contribution in [2.75, 3.05) is 11.9 Å². The lowest BCUT2D eigenvalue weighted by Gasteiger charge is -2.05. The number of nitrogens with zero attached hydrogens (tertiary/aromatic N) is 2. The number of rotatable bonds is 6. The number of carbonyl (C=O) groups excluding carboxylic acids is 2. The van der Waals surface area contributed by atoms with E-state index in [1.165, 1.54) is 6.08 Å². The molecular formula is C21H20N4O2. The topological polar surface area (TPSA) is 76.0 Å². The molecule has 2 amide bonds. The Morgan fingerprint density at radius 1 is 1.11 bits per heavy atom. The number of benzene rings is 2. The van der Waals surface area contributed by atoms with Crippen LogP contribution in [0.1, 0.15) is 22.8 Å². The number of hydrogen-bond acceptors (Lipinski definition) is 3.